The summed E-state index contributed by atoms with van der Waals surface area (Å²) in [6, 6.07) is 37.0. The Morgan fingerprint density at radius 2 is 0.467 bits per heavy atom. The summed E-state index contributed by atoms with van der Waals surface area (Å²) in [7, 11) is 0. The molecule has 10 heteroatoms. The molecule has 0 aromatic heterocycles. The second-order valence-corrected chi connectivity index (χ2v) is 26.8. The summed E-state index contributed by atoms with van der Waals surface area (Å²) < 4.78 is 140. The molecule has 0 N–H and O–H groups in total. The Balaban J connectivity index is 0.000000142. The third kappa shape index (κ3) is 17.0. The van der Waals surface area contributed by atoms with E-state index in [9.17, 15) is 43.9 Å². The third-order valence-corrected chi connectivity index (χ3v) is 20.0. The first-order valence-electron chi connectivity index (χ1n) is 32.6. The average molecular weight is 1240 g/mol. The van der Waals surface area contributed by atoms with E-state index in [-0.39, 0.29) is 51.0 Å². The molecular formula is C80H86F10. The SMILES string of the molecule is Cc1c(F)cc(-c2c(F)cc(C3CCC(C)CC3)cc2F)cc1F.Cc1c(F)cc(-c2ccc(C3CCC(C)CC3)cc2)cc1F.Cc1ccc(-c2c(F)cc(C3CCC(C)CC3)cc2F)cc1F.Cc1ccc(-c2ccc(C3CCC(C)CC3)cc2)cc1F. The van der Waals surface area contributed by atoms with Crippen molar-refractivity contribution in [1.82, 2.24) is 0 Å². The van der Waals surface area contributed by atoms with Crippen molar-refractivity contribution in [2.75, 3.05) is 0 Å². The molecule has 0 heterocycles. The molecule has 476 valence electrons. The molecule has 0 spiro atoms. The van der Waals surface area contributed by atoms with Gasteiger partial charge in [-0.25, -0.2) is 43.9 Å². The molecule has 4 aliphatic carbocycles. The molecule has 0 aliphatic heterocycles. The van der Waals surface area contributed by atoms with Crippen molar-refractivity contribution in [3.05, 3.63) is 236 Å². The second kappa shape index (κ2) is 30.5. The molecule has 8 aromatic carbocycles. The van der Waals surface area contributed by atoms with Crippen LogP contribution in [0.2, 0.25) is 0 Å². The molecule has 0 saturated heterocycles. The van der Waals surface area contributed by atoms with Gasteiger partial charge in [0.05, 0.1) is 11.1 Å². The summed E-state index contributed by atoms with van der Waals surface area (Å²) in [5.74, 6) is -1.16. The van der Waals surface area contributed by atoms with Gasteiger partial charge >= 0.3 is 0 Å². The minimum Gasteiger partial charge on any atom is -0.207 e. The van der Waals surface area contributed by atoms with Gasteiger partial charge in [0, 0.05) is 11.1 Å². The van der Waals surface area contributed by atoms with Gasteiger partial charge in [0.15, 0.2) is 0 Å². The maximum atomic E-state index is 14.5. The first-order chi connectivity index (χ1) is 43.0. The second-order valence-electron chi connectivity index (χ2n) is 26.8. The zero-order valence-corrected chi connectivity index (χ0v) is 53.4. The number of hydrogen-bond acceptors (Lipinski definition) is 0. The molecule has 4 saturated carbocycles. The lowest BCUT2D eigenvalue weighted by Crippen LogP contribution is -2.11. The van der Waals surface area contributed by atoms with Crippen LogP contribution in [-0.2, 0) is 0 Å². The van der Waals surface area contributed by atoms with Crippen LogP contribution in [0.3, 0.4) is 0 Å². The van der Waals surface area contributed by atoms with Gasteiger partial charge in [0.2, 0.25) is 0 Å². The number of hydrogen-bond donors (Lipinski definition) is 0. The lowest BCUT2D eigenvalue weighted by atomic mass is 9.79. The third-order valence-electron chi connectivity index (χ3n) is 20.0. The van der Waals surface area contributed by atoms with Gasteiger partial charge in [0.25, 0.3) is 0 Å². The topological polar surface area (TPSA) is 0 Å². The quantitative estimate of drug-likeness (QED) is 0.133. The summed E-state index contributed by atoms with van der Waals surface area (Å²) in [5.41, 5.74) is 8.37. The summed E-state index contributed by atoms with van der Waals surface area (Å²) in [6.07, 6.45) is 18.4. The molecule has 12 rings (SSSR count). The van der Waals surface area contributed by atoms with Crippen LogP contribution in [0.5, 0.6) is 0 Å². The maximum absolute atomic E-state index is 14.5. The van der Waals surface area contributed by atoms with Crippen LogP contribution in [-0.4, -0.2) is 0 Å². The minimum absolute atomic E-state index is 0.0803. The highest BCUT2D eigenvalue weighted by Crippen LogP contribution is 2.42. The lowest BCUT2D eigenvalue weighted by molar-refractivity contribution is 0.346. The largest absolute Gasteiger partial charge is 0.207 e. The van der Waals surface area contributed by atoms with Crippen molar-refractivity contribution in [3.63, 3.8) is 0 Å². The van der Waals surface area contributed by atoms with Crippen LogP contribution in [0, 0.1) is 110 Å². The van der Waals surface area contributed by atoms with Crippen molar-refractivity contribution in [2.45, 2.75) is 182 Å². The summed E-state index contributed by atoms with van der Waals surface area (Å²) in [5, 5.41) is 0. The van der Waals surface area contributed by atoms with Crippen LogP contribution < -0.4 is 0 Å². The van der Waals surface area contributed by atoms with Crippen LogP contribution >= 0.6 is 0 Å². The van der Waals surface area contributed by atoms with Gasteiger partial charge in [-0.1, -0.05) is 152 Å². The zero-order valence-electron chi connectivity index (χ0n) is 53.4. The van der Waals surface area contributed by atoms with E-state index in [0.717, 1.165) is 97.6 Å². The van der Waals surface area contributed by atoms with Crippen LogP contribution in [0.1, 0.15) is 199 Å². The van der Waals surface area contributed by atoms with Gasteiger partial charge in [0.1, 0.15) is 58.2 Å². The Bertz CT molecular complexity index is 3610. The Morgan fingerprint density at radius 3 is 0.789 bits per heavy atom. The highest BCUT2D eigenvalue weighted by molar-refractivity contribution is 5.68. The van der Waals surface area contributed by atoms with Gasteiger partial charge in [-0.05, 0) is 254 Å². The fraction of sp³-hybridized carbons (Fsp3) is 0.400. The van der Waals surface area contributed by atoms with Gasteiger partial charge < -0.3 is 0 Å². The molecule has 8 aromatic rings. The van der Waals surface area contributed by atoms with E-state index in [2.05, 4.69) is 64.1 Å². The smallest absolute Gasteiger partial charge is 0.134 e. The standard InChI is InChI=1S/C20H20F4.C20H21F3.C20H22F2.C20H23F/c1-11-3-5-13(6-4-11)14-7-18(23)20(19(24)8-14)15-9-16(21)12(2)17(22)10-15;1-12-3-6-14(7-4-12)16-10-18(22)20(19(23)11-16)15-8-5-13(2)17(21)9-15;1-13-3-5-15(6-4-13)16-7-9-17(10-8-16)18-11-19(21)14(2)20(22)12-18;1-14-3-6-16(7-4-14)17-9-11-18(12-10-17)19-8-5-15(2)20(21)13-19/h7-11,13H,3-6H2,1-2H3;5,8-12,14H,3-4,6-7H2,1-2H3;7-13,15H,3-6H2,1-2H3;5,8-14,16H,3-4,6-7H2,1-2H3. The van der Waals surface area contributed by atoms with Crippen molar-refractivity contribution in [3.8, 4) is 44.5 Å². The molecule has 4 fully saturated rings. The van der Waals surface area contributed by atoms with E-state index in [1.54, 1.807) is 32.0 Å². The van der Waals surface area contributed by atoms with E-state index in [1.165, 1.54) is 119 Å². The van der Waals surface area contributed by atoms with Crippen molar-refractivity contribution >= 4 is 0 Å². The van der Waals surface area contributed by atoms with Crippen molar-refractivity contribution < 1.29 is 43.9 Å². The van der Waals surface area contributed by atoms with E-state index >= 15 is 0 Å². The summed E-state index contributed by atoms with van der Waals surface area (Å²) >= 11 is 0. The van der Waals surface area contributed by atoms with Crippen molar-refractivity contribution in [1.29, 1.82) is 0 Å². The Hall–Kier alpha value is -6.94. The monoisotopic (exact) mass is 1240 g/mol. The number of benzene rings is 8. The van der Waals surface area contributed by atoms with Gasteiger partial charge in [-0.3, -0.25) is 0 Å². The van der Waals surface area contributed by atoms with Crippen molar-refractivity contribution in [2.24, 2.45) is 23.7 Å². The van der Waals surface area contributed by atoms with E-state index < -0.39 is 52.4 Å². The Morgan fingerprint density at radius 1 is 0.222 bits per heavy atom. The number of aryl methyl sites for hydroxylation is 2. The number of halogens is 10. The molecule has 0 unspecified atom stereocenters. The summed E-state index contributed by atoms with van der Waals surface area (Å²) in [4.78, 5) is 0. The fourth-order valence-corrected chi connectivity index (χ4v) is 13.6. The molecule has 0 atom stereocenters. The lowest BCUT2D eigenvalue weighted by Gasteiger charge is -2.26. The van der Waals surface area contributed by atoms with Gasteiger partial charge in [-0.2, -0.15) is 0 Å². The molecule has 90 heavy (non-hydrogen) atoms. The predicted molar refractivity (Wildman–Crippen MR) is 348 cm³/mol. The highest BCUT2D eigenvalue weighted by Gasteiger charge is 2.27. The zero-order chi connectivity index (χ0) is 64.5. The molecule has 4 aliphatic rings. The Kier molecular flexibility index (Phi) is 22.8. The molecule has 0 bridgehead atoms. The van der Waals surface area contributed by atoms with E-state index in [4.69, 9.17) is 0 Å². The minimum atomic E-state index is -0.811. The fourth-order valence-electron chi connectivity index (χ4n) is 13.6. The molecule has 0 radical (unpaired) electrons. The predicted octanol–water partition coefficient (Wildman–Crippen LogP) is 25.2. The first kappa shape index (κ1) is 67.5. The maximum Gasteiger partial charge on any atom is 0.134 e. The van der Waals surface area contributed by atoms with E-state index in [0.29, 0.717) is 45.9 Å². The molecular weight excluding hydrogens is 1150 g/mol. The molecule has 0 nitrogen and oxygen atoms in total. The van der Waals surface area contributed by atoms with Crippen LogP contribution in [0.25, 0.3) is 44.5 Å². The summed E-state index contributed by atoms with van der Waals surface area (Å²) in [6.45, 7) is 15.2. The first-order valence-corrected chi connectivity index (χ1v) is 32.6. The van der Waals surface area contributed by atoms with Crippen LogP contribution in [0.4, 0.5) is 43.9 Å². The number of rotatable bonds is 8. The highest BCUT2D eigenvalue weighted by atomic mass is 19.2. The Labute approximate surface area is 527 Å². The van der Waals surface area contributed by atoms with Gasteiger partial charge in [-0.15, -0.1) is 0 Å². The van der Waals surface area contributed by atoms with Crippen LogP contribution in [0.15, 0.2) is 133 Å². The van der Waals surface area contributed by atoms with E-state index in [1.807, 2.05) is 24.3 Å². The normalized spacial score (nSPS) is 21.6. The average Bonchev–Trinajstić information content (AvgIpc) is 1.02. The molecule has 0 amide bonds.